The third-order valence-electron chi connectivity index (χ3n) is 4.75. The number of aromatic nitrogens is 2. The van der Waals surface area contributed by atoms with E-state index in [0.717, 1.165) is 36.7 Å². The first-order valence-corrected chi connectivity index (χ1v) is 8.93. The molecule has 1 unspecified atom stereocenters. The SMILES string of the molecule is Cc1ccc(CN2CCCC2c2cc(CCC(N)=O)nc(C)n2)cc1. The first-order valence-electron chi connectivity index (χ1n) is 8.93. The van der Waals surface area contributed by atoms with Crippen molar-refractivity contribution in [3.05, 3.63) is 58.7 Å². The molecule has 1 amide bonds. The number of rotatable bonds is 6. The van der Waals surface area contributed by atoms with Gasteiger partial charge in [-0.1, -0.05) is 29.8 Å². The average molecular weight is 338 g/mol. The lowest BCUT2D eigenvalue weighted by Gasteiger charge is -2.24. The van der Waals surface area contributed by atoms with Gasteiger partial charge in [-0.3, -0.25) is 9.69 Å². The lowest BCUT2D eigenvalue weighted by Crippen LogP contribution is -2.24. The molecule has 2 heterocycles. The molecule has 1 aliphatic heterocycles. The van der Waals surface area contributed by atoms with Crippen molar-refractivity contribution in [1.82, 2.24) is 14.9 Å². The molecule has 132 valence electrons. The third kappa shape index (κ3) is 4.63. The summed E-state index contributed by atoms with van der Waals surface area (Å²) in [4.78, 5) is 22.7. The summed E-state index contributed by atoms with van der Waals surface area (Å²) in [6.07, 6.45) is 3.19. The topological polar surface area (TPSA) is 72.1 Å². The fourth-order valence-electron chi connectivity index (χ4n) is 3.48. The number of carbonyl (C=O) groups excluding carboxylic acids is 1. The van der Waals surface area contributed by atoms with Crippen molar-refractivity contribution >= 4 is 5.91 Å². The van der Waals surface area contributed by atoms with E-state index in [1.165, 1.54) is 17.5 Å². The molecule has 1 aliphatic rings. The Morgan fingerprint density at radius 2 is 2.00 bits per heavy atom. The van der Waals surface area contributed by atoms with Crippen molar-refractivity contribution in [3.63, 3.8) is 0 Å². The van der Waals surface area contributed by atoms with Gasteiger partial charge in [0.25, 0.3) is 0 Å². The fraction of sp³-hybridized carbons (Fsp3) is 0.450. The zero-order chi connectivity index (χ0) is 17.8. The van der Waals surface area contributed by atoms with E-state index in [9.17, 15) is 4.79 Å². The highest BCUT2D eigenvalue weighted by atomic mass is 16.1. The van der Waals surface area contributed by atoms with Crippen LogP contribution in [-0.4, -0.2) is 27.3 Å². The van der Waals surface area contributed by atoms with Gasteiger partial charge in [-0.25, -0.2) is 9.97 Å². The van der Waals surface area contributed by atoms with Crippen molar-refractivity contribution < 1.29 is 4.79 Å². The molecule has 1 saturated heterocycles. The molecular weight excluding hydrogens is 312 g/mol. The molecule has 1 aromatic heterocycles. The number of hydrogen-bond donors (Lipinski definition) is 1. The maximum absolute atomic E-state index is 11.0. The van der Waals surface area contributed by atoms with Gasteiger partial charge in [0.2, 0.25) is 5.91 Å². The Morgan fingerprint density at radius 3 is 2.72 bits per heavy atom. The van der Waals surface area contributed by atoms with Crippen molar-refractivity contribution in [2.75, 3.05) is 6.54 Å². The molecule has 1 atom stereocenters. The number of primary amides is 1. The molecule has 5 heteroatoms. The Kier molecular flexibility index (Phi) is 5.43. The van der Waals surface area contributed by atoms with Gasteiger partial charge in [-0.2, -0.15) is 0 Å². The predicted octanol–water partition coefficient (Wildman–Crippen LogP) is 2.85. The molecule has 1 aromatic carbocycles. The Labute approximate surface area is 149 Å². The average Bonchev–Trinajstić information content (AvgIpc) is 3.03. The largest absolute Gasteiger partial charge is 0.370 e. The maximum Gasteiger partial charge on any atom is 0.217 e. The summed E-state index contributed by atoms with van der Waals surface area (Å²) in [7, 11) is 0. The second-order valence-corrected chi connectivity index (χ2v) is 6.91. The van der Waals surface area contributed by atoms with Crippen LogP contribution in [-0.2, 0) is 17.8 Å². The Hall–Kier alpha value is -2.27. The van der Waals surface area contributed by atoms with Crippen LogP contribution in [0.15, 0.2) is 30.3 Å². The molecule has 25 heavy (non-hydrogen) atoms. The summed E-state index contributed by atoms with van der Waals surface area (Å²) in [5.74, 6) is 0.471. The van der Waals surface area contributed by atoms with Gasteiger partial charge in [-0.15, -0.1) is 0 Å². The summed E-state index contributed by atoms with van der Waals surface area (Å²) in [6, 6.07) is 11.1. The molecule has 0 spiro atoms. The van der Waals surface area contributed by atoms with Gasteiger partial charge in [-0.05, 0) is 51.3 Å². The van der Waals surface area contributed by atoms with Crippen LogP contribution in [0.3, 0.4) is 0 Å². The van der Waals surface area contributed by atoms with E-state index in [1.54, 1.807) is 0 Å². The normalized spacial score (nSPS) is 17.8. The Morgan fingerprint density at radius 1 is 1.24 bits per heavy atom. The number of nitrogens with two attached hydrogens (primary N) is 1. The summed E-state index contributed by atoms with van der Waals surface area (Å²) >= 11 is 0. The number of hydrogen-bond acceptors (Lipinski definition) is 4. The number of nitrogens with zero attached hydrogens (tertiary/aromatic N) is 3. The van der Waals surface area contributed by atoms with Gasteiger partial charge in [0.05, 0.1) is 11.7 Å². The third-order valence-corrected chi connectivity index (χ3v) is 4.75. The molecule has 5 nitrogen and oxygen atoms in total. The van der Waals surface area contributed by atoms with Gasteiger partial charge in [0.15, 0.2) is 0 Å². The highest BCUT2D eigenvalue weighted by Crippen LogP contribution is 2.32. The summed E-state index contributed by atoms with van der Waals surface area (Å²) in [5.41, 5.74) is 9.85. The molecule has 0 bridgehead atoms. The van der Waals surface area contributed by atoms with Crippen LogP contribution in [0, 0.1) is 13.8 Å². The van der Waals surface area contributed by atoms with Gasteiger partial charge in [0, 0.05) is 18.7 Å². The number of aryl methyl sites for hydroxylation is 3. The van der Waals surface area contributed by atoms with E-state index < -0.39 is 0 Å². The molecule has 1 fully saturated rings. The molecule has 0 aliphatic carbocycles. The molecular formula is C20H26N4O. The van der Waals surface area contributed by atoms with Gasteiger partial charge < -0.3 is 5.73 Å². The highest BCUT2D eigenvalue weighted by Gasteiger charge is 2.27. The smallest absolute Gasteiger partial charge is 0.217 e. The van der Waals surface area contributed by atoms with Crippen LogP contribution in [0.1, 0.15) is 53.6 Å². The first-order chi connectivity index (χ1) is 12.0. The van der Waals surface area contributed by atoms with E-state index in [4.69, 9.17) is 5.73 Å². The second kappa shape index (κ2) is 7.74. The fourth-order valence-corrected chi connectivity index (χ4v) is 3.48. The van der Waals surface area contributed by atoms with E-state index in [0.29, 0.717) is 18.9 Å². The van der Waals surface area contributed by atoms with Crippen LogP contribution >= 0.6 is 0 Å². The number of carbonyl (C=O) groups is 1. The quantitative estimate of drug-likeness (QED) is 0.879. The van der Waals surface area contributed by atoms with E-state index >= 15 is 0 Å². The molecule has 0 radical (unpaired) electrons. The van der Waals surface area contributed by atoms with E-state index in [-0.39, 0.29) is 5.91 Å². The maximum atomic E-state index is 11.0. The first kappa shape index (κ1) is 17.5. The molecule has 2 N–H and O–H groups in total. The minimum atomic E-state index is -0.292. The van der Waals surface area contributed by atoms with E-state index in [1.807, 2.05) is 13.0 Å². The predicted molar refractivity (Wildman–Crippen MR) is 97.8 cm³/mol. The highest BCUT2D eigenvalue weighted by molar-refractivity contribution is 5.73. The Balaban J connectivity index is 1.77. The van der Waals surface area contributed by atoms with Gasteiger partial charge in [0.1, 0.15) is 5.82 Å². The minimum Gasteiger partial charge on any atom is -0.370 e. The summed E-state index contributed by atoms with van der Waals surface area (Å²) in [6.45, 7) is 6.04. The summed E-state index contributed by atoms with van der Waals surface area (Å²) < 4.78 is 0. The van der Waals surface area contributed by atoms with Crippen molar-refractivity contribution in [1.29, 1.82) is 0 Å². The summed E-state index contributed by atoms with van der Waals surface area (Å²) in [5, 5.41) is 0. The minimum absolute atomic E-state index is 0.292. The van der Waals surface area contributed by atoms with Crippen molar-refractivity contribution in [2.24, 2.45) is 5.73 Å². The standard InChI is InChI=1S/C20H26N4O/c1-14-5-7-16(8-6-14)13-24-11-3-4-19(24)18-12-17(9-10-20(21)25)22-15(2)23-18/h5-8,12,19H,3-4,9-11,13H2,1-2H3,(H2,21,25). The Bertz CT molecular complexity index is 742. The zero-order valence-electron chi connectivity index (χ0n) is 15.0. The van der Waals surface area contributed by atoms with Gasteiger partial charge >= 0.3 is 0 Å². The van der Waals surface area contributed by atoms with Crippen LogP contribution in [0.5, 0.6) is 0 Å². The lowest BCUT2D eigenvalue weighted by atomic mass is 10.1. The van der Waals surface area contributed by atoms with Crippen LogP contribution in [0.4, 0.5) is 0 Å². The lowest BCUT2D eigenvalue weighted by molar-refractivity contribution is -0.118. The van der Waals surface area contributed by atoms with E-state index in [2.05, 4.69) is 46.1 Å². The van der Waals surface area contributed by atoms with Crippen LogP contribution in [0.25, 0.3) is 0 Å². The second-order valence-electron chi connectivity index (χ2n) is 6.91. The van der Waals surface area contributed by atoms with Crippen LogP contribution < -0.4 is 5.73 Å². The number of likely N-dealkylation sites (tertiary alicyclic amines) is 1. The number of amides is 1. The number of benzene rings is 1. The molecule has 0 saturated carbocycles. The van der Waals surface area contributed by atoms with Crippen molar-refractivity contribution in [3.8, 4) is 0 Å². The van der Waals surface area contributed by atoms with Crippen molar-refractivity contribution in [2.45, 2.75) is 52.1 Å². The monoisotopic (exact) mass is 338 g/mol. The molecule has 3 rings (SSSR count). The molecule has 2 aromatic rings. The zero-order valence-corrected chi connectivity index (χ0v) is 15.0. The van der Waals surface area contributed by atoms with Crippen LogP contribution in [0.2, 0.25) is 0 Å².